The number of esters is 3. The molecule has 0 aromatic rings. The fourth-order valence-electron chi connectivity index (χ4n) is 8.42. The standard InChI is InChI=1S/C65H112O6/c1-4-7-10-13-15-17-19-21-23-25-27-29-30-31-32-33-34-36-37-39-41-43-45-47-49-52-55-58-64(67)70-61-62(60-69-63(66)57-54-51-12-9-6-3)71-65(68)59-56-53-50-48-46-44-42-40-38-35-28-26-24-22-20-18-16-14-11-8-5-2/h7,10,15,17,21,23,27,29,31-32,34,36,39,41,62H,4-6,8-9,11-14,16,18-20,22,24-26,28,30,33,35,37-38,40,42-61H2,1-3H3/b10-7-,17-15-,23-21-,29-27-,32-31-,36-34-,41-39-. The van der Waals surface area contributed by atoms with Gasteiger partial charge in [-0.15, -0.1) is 0 Å². The molecule has 71 heavy (non-hydrogen) atoms. The molecule has 0 aliphatic rings. The summed E-state index contributed by atoms with van der Waals surface area (Å²) < 4.78 is 16.7. The van der Waals surface area contributed by atoms with Gasteiger partial charge in [0, 0.05) is 19.3 Å². The van der Waals surface area contributed by atoms with Gasteiger partial charge in [0.2, 0.25) is 0 Å². The summed E-state index contributed by atoms with van der Waals surface area (Å²) in [6.45, 7) is 6.45. The van der Waals surface area contributed by atoms with E-state index in [0.717, 1.165) is 128 Å². The zero-order valence-electron chi connectivity index (χ0n) is 46.7. The summed E-state index contributed by atoms with van der Waals surface area (Å²) in [7, 11) is 0. The van der Waals surface area contributed by atoms with E-state index in [1.807, 2.05) is 0 Å². The maximum atomic E-state index is 12.8. The number of allylic oxidation sites excluding steroid dienone is 14. The Morgan fingerprint density at radius 2 is 0.549 bits per heavy atom. The van der Waals surface area contributed by atoms with Crippen LogP contribution in [0.3, 0.4) is 0 Å². The molecule has 0 aromatic heterocycles. The van der Waals surface area contributed by atoms with Crippen LogP contribution in [0.1, 0.15) is 290 Å². The lowest BCUT2D eigenvalue weighted by Crippen LogP contribution is -2.30. The summed E-state index contributed by atoms with van der Waals surface area (Å²) >= 11 is 0. The second-order valence-electron chi connectivity index (χ2n) is 19.9. The smallest absolute Gasteiger partial charge is 0.306 e. The predicted octanol–water partition coefficient (Wildman–Crippen LogP) is 20.3. The molecular weight excluding hydrogens is 877 g/mol. The average Bonchev–Trinajstić information content (AvgIpc) is 3.37. The van der Waals surface area contributed by atoms with Crippen molar-refractivity contribution in [2.75, 3.05) is 13.2 Å². The molecule has 0 bridgehead atoms. The van der Waals surface area contributed by atoms with E-state index in [-0.39, 0.29) is 31.1 Å². The van der Waals surface area contributed by atoms with E-state index in [0.29, 0.717) is 19.3 Å². The molecule has 0 spiro atoms. The molecule has 0 amide bonds. The van der Waals surface area contributed by atoms with Gasteiger partial charge in [-0.3, -0.25) is 14.4 Å². The topological polar surface area (TPSA) is 78.9 Å². The highest BCUT2D eigenvalue weighted by atomic mass is 16.6. The summed E-state index contributed by atoms with van der Waals surface area (Å²) in [6.07, 6.45) is 77.7. The fourth-order valence-corrected chi connectivity index (χ4v) is 8.42. The lowest BCUT2D eigenvalue weighted by atomic mass is 10.0. The number of carbonyl (C=O) groups is 3. The van der Waals surface area contributed by atoms with Gasteiger partial charge in [-0.1, -0.05) is 279 Å². The Morgan fingerprint density at radius 1 is 0.296 bits per heavy atom. The lowest BCUT2D eigenvalue weighted by molar-refractivity contribution is -0.167. The molecule has 0 heterocycles. The maximum absolute atomic E-state index is 12.8. The maximum Gasteiger partial charge on any atom is 0.306 e. The summed E-state index contributed by atoms with van der Waals surface area (Å²) in [5.74, 6) is -0.906. The Morgan fingerprint density at radius 3 is 0.859 bits per heavy atom. The van der Waals surface area contributed by atoms with Gasteiger partial charge in [0.1, 0.15) is 13.2 Å². The Hall–Kier alpha value is -3.41. The Bertz CT molecular complexity index is 1370. The van der Waals surface area contributed by atoms with Gasteiger partial charge in [-0.2, -0.15) is 0 Å². The molecular formula is C65H112O6. The summed E-state index contributed by atoms with van der Waals surface area (Å²) in [4.78, 5) is 37.9. The molecule has 408 valence electrons. The van der Waals surface area contributed by atoms with E-state index in [9.17, 15) is 14.4 Å². The van der Waals surface area contributed by atoms with Crippen LogP contribution < -0.4 is 0 Å². The highest BCUT2D eigenvalue weighted by Gasteiger charge is 2.19. The summed E-state index contributed by atoms with van der Waals surface area (Å²) in [6, 6.07) is 0. The lowest BCUT2D eigenvalue weighted by Gasteiger charge is -2.18. The zero-order valence-corrected chi connectivity index (χ0v) is 46.7. The number of carbonyl (C=O) groups excluding carboxylic acids is 3. The minimum atomic E-state index is -0.780. The summed E-state index contributed by atoms with van der Waals surface area (Å²) in [5.41, 5.74) is 0. The van der Waals surface area contributed by atoms with Crippen LogP contribution in [0.5, 0.6) is 0 Å². The molecule has 0 aromatic carbocycles. The Balaban J connectivity index is 4.12. The van der Waals surface area contributed by atoms with Crippen molar-refractivity contribution in [1.82, 2.24) is 0 Å². The normalized spacial score (nSPS) is 12.7. The minimum Gasteiger partial charge on any atom is -0.462 e. The first kappa shape index (κ1) is 67.6. The van der Waals surface area contributed by atoms with Crippen molar-refractivity contribution in [2.24, 2.45) is 0 Å². The predicted molar refractivity (Wildman–Crippen MR) is 307 cm³/mol. The molecule has 0 aliphatic carbocycles. The van der Waals surface area contributed by atoms with Crippen molar-refractivity contribution in [1.29, 1.82) is 0 Å². The third kappa shape index (κ3) is 57.4. The van der Waals surface area contributed by atoms with Crippen molar-refractivity contribution in [3.05, 3.63) is 85.1 Å². The molecule has 1 atom stereocenters. The molecule has 6 nitrogen and oxygen atoms in total. The Kier molecular flexibility index (Phi) is 56.3. The van der Waals surface area contributed by atoms with Crippen LogP contribution in [0.15, 0.2) is 85.1 Å². The number of unbranched alkanes of at least 4 members (excludes halogenated alkanes) is 29. The van der Waals surface area contributed by atoms with Crippen LogP contribution in [0, 0.1) is 0 Å². The first-order chi connectivity index (χ1) is 35.0. The summed E-state index contributed by atoms with van der Waals surface area (Å²) in [5, 5.41) is 0. The molecule has 1 unspecified atom stereocenters. The Labute approximate surface area is 439 Å². The van der Waals surface area contributed by atoms with E-state index in [4.69, 9.17) is 14.2 Å². The third-order valence-electron chi connectivity index (χ3n) is 12.9. The quantitative estimate of drug-likeness (QED) is 0.0261. The van der Waals surface area contributed by atoms with Gasteiger partial charge in [-0.25, -0.2) is 0 Å². The molecule has 0 N–H and O–H groups in total. The van der Waals surface area contributed by atoms with E-state index in [1.165, 1.54) is 122 Å². The van der Waals surface area contributed by atoms with Crippen molar-refractivity contribution < 1.29 is 28.6 Å². The monoisotopic (exact) mass is 989 g/mol. The van der Waals surface area contributed by atoms with E-state index in [2.05, 4.69) is 106 Å². The van der Waals surface area contributed by atoms with Gasteiger partial charge in [0.15, 0.2) is 6.10 Å². The van der Waals surface area contributed by atoms with Crippen LogP contribution in [-0.4, -0.2) is 37.2 Å². The van der Waals surface area contributed by atoms with E-state index < -0.39 is 6.10 Å². The minimum absolute atomic E-state index is 0.0814. The average molecular weight is 990 g/mol. The van der Waals surface area contributed by atoms with Crippen LogP contribution in [-0.2, 0) is 28.6 Å². The van der Waals surface area contributed by atoms with Crippen LogP contribution in [0.4, 0.5) is 0 Å². The van der Waals surface area contributed by atoms with Gasteiger partial charge < -0.3 is 14.2 Å². The number of hydrogen-bond donors (Lipinski definition) is 0. The second-order valence-corrected chi connectivity index (χ2v) is 19.9. The molecule has 0 saturated heterocycles. The van der Waals surface area contributed by atoms with Crippen LogP contribution in [0.25, 0.3) is 0 Å². The highest BCUT2D eigenvalue weighted by Crippen LogP contribution is 2.16. The van der Waals surface area contributed by atoms with Gasteiger partial charge in [0.05, 0.1) is 0 Å². The second kappa shape index (κ2) is 59.2. The van der Waals surface area contributed by atoms with Crippen molar-refractivity contribution >= 4 is 17.9 Å². The van der Waals surface area contributed by atoms with Crippen molar-refractivity contribution in [3.8, 4) is 0 Å². The van der Waals surface area contributed by atoms with Crippen LogP contribution in [0.2, 0.25) is 0 Å². The van der Waals surface area contributed by atoms with Crippen molar-refractivity contribution in [3.63, 3.8) is 0 Å². The van der Waals surface area contributed by atoms with E-state index >= 15 is 0 Å². The van der Waals surface area contributed by atoms with Crippen molar-refractivity contribution in [2.45, 2.75) is 297 Å². The third-order valence-corrected chi connectivity index (χ3v) is 12.9. The molecule has 0 aliphatic heterocycles. The molecule has 0 rings (SSSR count). The zero-order chi connectivity index (χ0) is 51.4. The largest absolute Gasteiger partial charge is 0.462 e. The molecule has 6 heteroatoms. The first-order valence-electron chi connectivity index (χ1n) is 30.1. The molecule has 0 radical (unpaired) electrons. The van der Waals surface area contributed by atoms with Gasteiger partial charge in [0.25, 0.3) is 0 Å². The first-order valence-corrected chi connectivity index (χ1v) is 30.1. The molecule has 0 fully saturated rings. The number of ether oxygens (including phenoxy) is 3. The van der Waals surface area contributed by atoms with Gasteiger partial charge >= 0.3 is 17.9 Å². The highest BCUT2D eigenvalue weighted by molar-refractivity contribution is 5.71. The van der Waals surface area contributed by atoms with Crippen LogP contribution >= 0.6 is 0 Å². The van der Waals surface area contributed by atoms with E-state index in [1.54, 1.807) is 0 Å². The SMILES string of the molecule is CC/C=C\C/C=C\C/C=C\C/C=C\C/C=C\C/C=C\C/C=C\CCCCCCCC(=O)OCC(COC(=O)CCCCCCC)OC(=O)CCCCCCCCCCCCCCCCCCCCCCC. The fraction of sp³-hybridized carbons (Fsp3) is 0.738. The number of rotatable bonds is 54. The number of hydrogen-bond acceptors (Lipinski definition) is 6. The van der Waals surface area contributed by atoms with Gasteiger partial charge in [-0.05, 0) is 77.0 Å². The molecule has 0 saturated carbocycles.